The van der Waals surface area contributed by atoms with Gasteiger partial charge in [-0.25, -0.2) is 12.8 Å². The van der Waals surface area contributed by atoms with E-state index in [-0.39, 0.29) is 43.8 Å². The Labute approximate surface area is 234 Å². The zero-order valence-electron chi connectivity index (χ0n) is 23.1. The first-order chi connectivity index (χ1) is 18.8. The van der Waals surface area contributed by atoms with Crippen molar-refractivity contribution in [1.82, 2.24) is 0 Å². The van der Waals surface area contributed by atoms with Gasteiger partial charge in [0.2, 0.25) is 0 Å². The second-order valence-corrected chi connectivity index (χ2v) is 13.1. The van der Waals surface area contributed by atoms with Crippen LogP contribution >= 0.6 is 0 Å². The van der Waals surface area contributed by atoms with Gasteiger partial charge < -0.3 is 20.3 Å². The Hall–Kier alpha value is -3.43. The fraction of sp³-hybridized carbons (Fsp3) is 0.387. The monoisotopic (exact) mass is 569 g/mol. The van der Waals surface area contributed by atoms with Crippen LogP contribution in [0.4, 0.5) is 10.1 Å². The van der Waals surface area contributed by atoms with Gasteiger partial charge in [0.15, 0.2) is 9.84 Å². The van der Waals surface area contributed by atoms with Gasteiger partial charge in [-0.05, 0) is 109 Å². The SMILES string of the molecule is Cc1ccc(CNc2ccc(CCC(=O)O)c(F)c2)cc1-c1c(C)cc(OCC2(O)CCS(=O)(=O)CC2)cc1C. The molecule has 3 aromatic carbocycles. The van der Waals surface area contributed by atoms with Crippen LogP contribution in [-0.2, 0) is 27.6 Å². The quantitative estimate of drug-likeness (QED) is 0.301. The third kappa shape index (κ3) is 7.40. The molecule has 0 amide bonds. The van der Waals surface area contributed by atoms with Crippen molar-refractivity contribution in [3.05, 3.63) is 82.2 Å². The van der Waals surface area contributed by atoms with Gasteiger partial charge in [-0.2, -0.15) is 0 Å². The molecule has 1 aliphatic heterocycles. The van der Waals surface area contributed by atoms with Gasteiger partial charge in [0.25, 0.3) is 0 Å². The number of nitrogens with one attached hydrogen (secondary N) is 1. The van der Waals surface area contributed by atoms with Crippen LogP contribution in [0.15, 0.2) is 48.5 Å². The third-order valence-electron chi connectivity index (χ3n) is 7.50. The molecule has 1 heterocycles. The summed E-state index contributed by atoms with van der Waals surface area (Å²) in [4.78, 5) is 10.8. The summed E-state index contributed by atoms with van der Waals surface area (Å²) in [6.45, 7) is 6.59. The molecular weight excluding hydrogens is 533 g/mol. The zero-order valence-corrected chi connectivity index (χ0v) is 23.9. The molecule has 7 nitrogen and oxygen atoms in total. The van der Waals surface area contributed by atoms with E-state index in [1.54, 1.807) is 12.1 Å². The highest BCUT2D eigenvalue weighted by Gasteiger charge is 2.36. The van der Waals surface area contributed by atoms with Gasteiger partial charge in [0, 0.05) is 18.7 Å². The van der Waals surface area contributed by atoms with Gasteiger partial charge >= 0.3 is 5.97 Å². The first kappa shape index (κ1) is 29.6. The topological polar surface area (TPSA) is 113 Å². The molecule has 0 aliphatic carbocycles. The van der Waals surface area contributed by atoms with E-state index in [0.29, 0.717) is 23.5 Å². The number of rotatable bonds is 10. The standard InChI is InChI=1S/C31H36FNO6S/c1-20-4-5-23(18-33-25-8-6-24(28(32)17-25)7-9-29(34)35)16-27(20)30-21(2)14-26(15-22(30)3)39-19-31(36)10-12-40(37,38)13-11-31/h4-6,8,14-17,33,36H,7,9-13,18-19H2,1-3H3,(H,34,35). The lowest BCUT2D eigenvalue weighted by Crippen LogP contribution is -2.43. The Kier molecular flexibility index (Phi) is 8.85. The van der Waals surface area contributed by atoms with Crippen LogP contribution in [0.5, 0.6) is 5.75 Å². The van der Waals surface area contributed by atoms with Crippen molar-refractivity contribution in [2.45, 2.75) is 58.6 Å². The lowest BCUT2D eigenvalue weighted by Gasteiger charge is -2.31. The molecule has 0 atom stereocenters. The van der Waals surface area contributed by atoms with E-state index in [1.807, 2.05) is 39.0 Å². The van der Waals surface area contributed by atoms with Crippen LogP contribution in [0.25, 0.3) is 11.1 Å². The van der Waals surface area contributed by atoms with Gasteiger partial charge in [-0.3, -0.25) is 4.79 Å². The summed E-state index contributed by atoms with van der Waals surface area (Å²) in [6, 6.07) is 14.8. The zero-order chi connectivity index (χ0) is 29.1. The molecule has 0 unspecified atom stereocenters. The van der Waals surface area contributed by atoms with E-state index < -0.39 is 27.2 Å². The van der Waals surface area contributed by atoms with Gasteiger partial charge in [0.1, 0.15) is 23.8 Å². The molecule has 1 fully saturated rings. The number of benzene rings is 3. The number of aliphatic hydroxyl groups is 1. The predicted octanol–water partition coefficient (Wildman–Crippen LogP) is 5.37. The minimum Gasteiger partial charge on any atom is -0.491 e. The Bertz CT molecular complexity index is 1480. The highest BCUT2D eigenvalue weighted by atomic mass is 32.2. The molecule has 0 saturated carbocycles. The first-order valence-corrected chi connectivity index (χ1v) is 15.2. The van der Waals surface area contributed by atoms with Crippen LogP contribution in [0, 0.1) is 26.6 Å². The van der Waals surface area contributed by atoms with E-state index in [0.717, 1.165) is 33.4 Å². The molecular formula is C31H36FNO6S. The van der Waals surface area contributed by atoms with E-state index in [9.17, 15) is 22.7 Å². The van der Waals surface area contributed by atoms with E-state index >= 15 is 0 Å². The number of hydrogen-bond acceptors (Lipinski definition) is 6. The van der Waals surface area contributed by atoms with Crippen molar-refractivity contribution in [3.63, 3.8) is 0 Å². The fourth-order valence-electron chi connectivity index (χ4n) is 5.07. The van der Waals surface area contributed by atoms with Crippen molar-refractivity contribution in [2.24, 2.45) is 0 Å². The predicted molar refractivity (Wildman–Crippen MR) is 154 cm³/mol. The molecule has 0 spiro atoms. The summed E-state index contributed by atoms with van der Waals surface area (Å²) in [5.41, 5.74) is 6.16. The van der Waals surface area contributed by atoms with E-state index in [4.69, 9.17) is 9.84 Å². The molecule has 3 aromatic rings. The van der Waals surface area contributed by atoms with Crippen LogP contribution in [0.3, 0.4) is 0 Å². The number of aliphatic carboxylic acids is 1. The molecule has 4 rings (SSSR count). The Balaban J connectivity index is 1.46. The number of anilines is 1. The highest BCUT2D eigenvalue weighted by Crippen LogP contribution is 2.34. The molecule has 1 aliphatic rings. The van der Waals surface area contributed by atoms with Crippen molar-refractivity contribution in [1.29, 1.82) is 0 Å². The molecule has 214 valence electrons. The number of carbonyl (C=O) groups is 1. The maximum atomic E-state index is 14.4. The van der Waals surface area contributed by atoms with Crippen LogP contribution in [-0.4, -0.2) is 48.3 Å². The van der Waals surface area contributed by atoms with Gasteiger partial charge in [-0.1, -0.05) is 18.2 Å². The number of hydrogen-bond donors (Lipinski definition) is 3. The van der Waals surface area contributed by atoms with Crippen molar-refractivity contribution in [2.75, 3.05) is 23.4 Å². The van der Waals surface area contributed by atoms with Crippen LogP contribution in [0.2, 0.25) is 0 Å². The summed E-state index contributed by atoms with van der Waals surface area (Å²) in [5, 5.41) is 22.9. The van der Waals surface area contributed by atoms with Crippen molar-refractivity contribution >= 4 is 21.5 Å². The summed E-state index contributed by atoms with van der Waals surface area (Å²) < 4.78 is 43.8. The Morgan fingerprint density at radius 3 is 2.30 bits per heavy atom. The third-order valence-corrected chi connectivity index (χ3v) is 9.15. The van der Waals surface area contributed by atoms with Crippen molar-refractivity contribution in [3.8, 4) is 16.9 Å². The molecule has 3 N–H and O–H groups in total. The second-order valence-electron chi connectivity index (χ2n) is 10.8. The maximum Gasteiger partial charge on any atom is 0.303 e. The molecule has 0 bridgehead atoms. The lowest BCUT2D eigenvalue weighted by molar-refractivity contribution is -0.136. The number of ether oxygens (including phenoxy) is 1. The number of carboxylic acid groups (broad SMARTS) is 1. The average molecular weight is 570 g/mol. The Morgan fingerprint density at radius 2 is 1.68 bits per heavy atom. The minimum absolute atomic E-state index is 0.0264. The summed E-state index contributed by atoms with van der Waals surface area (Å²) in [6.07, 6.45) is 0.382. The molecule has 40 heavy (non-hydrogen) atoms. The van der Waals surface area contributed by atoms with Gasteiger partial charge in [-0.15, -0.1) is 0 Å². The molecule has 0 aromatic heterocycles. The second kappa shape index (κ2) is 12.0. The summed E-state index contributed by atoms with van der Waals surface area (Å²) in [7, 11) is -3.08. The maximum absolute atomic E-state index is 14.4. The Morgan fingerprint density at radius 1 is 1.00 bits per heavy atom. The molecule has 0 radical (unpaired) electrons. The highest BCUT2D eigenvalue weighted by molar-refractivity contribution is 7.91. The van der Waals surface area contributed by atoms with E-state index in [1.165, 1.54) is 6.07 Å². The number of carboxylic acids is 1. The summed E-state index contributed by atoms with van der Waals surface area (Å²) >= 11 is 0. The molecule has 1 saturated heterocycles. The minimum atomic E-state index is -3.08. The smallest absolute Gasteiger partial charge is 0.303 e. The first-order valence-electron chi connectivity index (χ1n) is 13.3. The van der Waals surface area contributed by atoms with Crippen LogP contribution < -0.4 is 10.1 Å². The largest absolute Gasteiger partial charge is 0.491 e. The summed E-state index contributed by atoms with van der Waals surface area (Å²) in [5.74, 6) is -0.806. The number of sulfone groups is 1. The van der Waals surface area contributed by atoms with Crippen LogP contribution in [0.1, 0.15) is 47.1 Å². The number of aryl methyl sites for hydroxylation is 4. The normalized spacial score (nSPS) is 15.9. The van der Waals surface area contributed by atoms with Gasteiger partial charge in [0.05, 0.1) is 11.5 Å². The van der Waals surface area contributed by atoms with E-state index in [2.05, 4.69) is 17.4 Å². The van der Waals surface area contributed by atoms with Crippen molar-refractivity contribution < 1.29 is 32.6 Å². The number of halogens is 1. The fourth-order valence-corrected chi connectivity index (χ4v) is 6.65. The lowest BCUT2D eigenvalue weighted by atomic mass is 9.91. The average Bonchev–Trinajstić information content (AvgIpc) is 2.89. The molecule has 9 heteroatoms.